The van der Waals surface area contributed by atoms with Gasteiger partial charge in [0.05, 0.1) is 12.8 Å². The summed E-state index contributed by atoms with van der Waals surface area (Å²) in [5.41, 5.74) is 2.86. The summed E-state index contributed by atoms with van der Waals surface area (Å²) in [7, 11) is 0. The molecule has 3 unspecified atom stereocenters. The van der Waals surface area contributed by atoms with Crippen LogP contribution in [0.1, 0.15) is 5.56 Å². The number of ether oxygens (including phenoxy) is 1. The van der Waals surface area contributed by atoms with Crippen molar-refractivity contribution in [3.8, 4) is 11.1 Å². The molecule has 0 aromatic heterocycles. The molecular formula is C19H21NO6. The average molecular weight is 359 g/mol. The number of hydrogen-bond donors (Lipinski definition) is 4. The highest BCUT2D eigenvalue weighted by Gasteiger charge is 2.44. The SMILES string of the molecule is OCC1O[C@@H](O/N=C/c2cccc(-c3ccccc3)c2)C(O)[C@@H](O)C1O. The number of rotatable bonds is 5. The molecule has 0 radical (unpaired) electrons. The molecule has 26 heavy (non-hydrogen) atoms. The Bertz CT molecular complexity index is 736. The van der Waals surface area contributed by atoms with Gasteiger partial charge in [-0.2, -0.15) is 0 Å². The maximum Gasteiger partial charge on any atom is 0.256 e. The Kier molecular flexibility index (Phi) is 5.97. The van der Waals surface area contributed by atoms with E-state index in [2.05, 4.69) is 5.16 Å². The molecule has 1 heterocycles. The van der Waals surface area contributed by atoms with E-state index in [1.807, 2.05) is 54.6 Å². The molecule has 4 N–H and O–H groups in total. The Labute approximate surface area is 150 Å². The van der Waals surface area contributed by atoms with E-state index in [9.17, 15) is 15.3 Å². The first-order chi connectivity index (χ1) is 12.6. The third-order valence-corrected chi connectivity index (χ3v) is 4.21. The fraction of sp³-hybridized carbons (Fsp3) is 0.316. The van der Waals surface area contributed by atoms with Crippen LogP contribution in [0.4, 0.5) is 0 Å². The first kappa shape index (κ1) is 18.5. The van der Waals surface area contributed by atoms with Gasteiger partial charge in [-0.3, -0.25) is 0 Å². The molecule has 0 amide bonds. The van der Waals surface area contributed by atoms with Crippen molar-refractivity contribution in [2.24, 2.45) is 5.16 Å². The molecule has 0 saturated carbocycles. The minimum absolute atomic E-state index is 0.520. The molecule has 3 rings (SSSR count). The second-order valence-electron chi connectivity index (χ2n) is 6.03. The van der Waals surface area contributed by atoms with E-state index < -0.39 is 37.3 Å². The van der Waals surface area contributed by atoms with E-state index in [0.29, 0.717) is 0 Å². The van der Waals surface area contributed by atoms with E-state index in [4.69, 9.17) is 14.7 Å². The predicted molar refractivity (Wildman–Crippen MR) is 94.3 cm³/mol. The Hall–Kier alpha value is -2.29. The number of nitrogens with zero attached hydrogens (tertiary/aromatic N) is 1. The molecule has 0 bridgehead atoms. The van der Waals surface area contributed by atoms with Crippen molar-refractivity contribution in [3.05, 3.63) is 60.2 Å². The van der Waals surface area contributed by atoms with E-state index >= 15 is 0 Å². The smallest absolute Gasteiger partial charge is 0.256 e. The van der Waals surface area contributed by atoms with Crippen molar-refractivity contribution in [2.45, 2.75) is 30.7 Å². The van der Waals surface area contributed by atoms with Crippen LogP contribution in [0.15, 0.2) is 59.8 Å². The summed E-state index contributed by atoms with van der Waals surface area (Å²) in [6, 6.07) is 17.5. The molecule has 138 valence electrons. The van der Waals surface area contributed by atoms with E-state index in [-0.39, 0.29) is 0 Å². The van der Waals surface area contributed by atoms with Gasteiger partial charge < -0.3 is 30.0 Å². The van der Waals surface area contributed by atoms with Crippen LogP contribution in [0.2, 0.25) is 0 Å². The van der Waals surface area contributed by atoms with Gasteiger partial charge in [0, 0.05) is 0 Å². The van der Waals surface area contributed by atoms with E-state index in [1.54, 1.807) is 0 Å². The van der Waals surface area contributed by atoms with Gasteiger partial charge >= 0.3 is 0 Å². The van der Waals surface area contributed by atoms with Gasteiger partial charge in [0.2, 0.25) is 0 Å². The average Bonchev–Trinajstić information content (AvgIpc) is 2.69. The van der Waals surface area contributed by atoms with Gasteiger partial charge in [0.15, 0.2) is 0 Å². The fourth-order valence-electron chi connectivity index (χ4n) is 2.73. The largest absolute Gasteiger partial charge is 0.394 e. The Morgan fingerprint density at radius 2 is 1.65 bits per heavy atom. The highest BCUT2D eigenvalue weighted by atomic mass is 16.8. The third-order valence-electron chi connectivity index (χ3n) is 4.21. The first-order valence-corrected chi connectivity index (χ1v) is 8.25. The summed E-state index contributed by atoms with van der Waals surface area (Å²) in [5, 5.41) is 42.3. The number of benzene rings is 2. The van der Waals surface area contributed by atoms with Crippen molar-refractivity contribution in [3.63, 3.8) is 0 Å². The Morgan fingerprint density at radius 3 is 2.38 bits per heavy atom. The van der Waals surface area contributed by atoms with Crippen LogP contribution < -0.4 is 0 Å². The van der Waals surface area contributed by atoms with Crippen molar-refractivity contribution < 1.29 is 30.0 Å². The zero-order valence-corrected chi connectivity index (χ0v) is 13.9. The lowest BCUT2D eigenvalue weighted by molar-refractivity contribution is -0.301. The van der Waals surface area contributed by atoms with E-state index in [0.717, 1.165) is 16.7 Å². The second kappa shape index (κ2) is 8.39. The maximum atomic E-state index is 9.90. The molecule has 1 aliphatic heterocycles. The molecule has 1 fully saturated rings. The van der Waals surface area contributed by atoms with Gasteiger partial charge in [0.1, 0.15) is 24.4 Å². The molecule has 1 saturated heterocycles. The standard InChI is InChI=1S/C19H21NO6/c21-11-15-16(22)17(23)18(24)19(25-15)26-20-10-12-5-4-8-14(9-12)13-6-2-1-3-7-13/h1-10,15-19,21-24H,11H2/b20-10+/t15?,16?,17-,18?,19-/m0/s1. The first-order valence-electron chi connectivity index (χ1n) is 8.25. The quantitative estimate of drug-likeness (QED) is 0.457. The number of aliphatic hydroxyl groups is 4. The monoisotopic (exact) mass is 359 g/mol. The van der Waals surface area contributed by atoms with Crippen LogP contribution >= 0.6 is 0 Å². The Morgan fingerprint density at radius 1 is 0.923 bits per heavy atom. The summed E-state index contributed by atoms with van der Waals surface area (Å²) in [5.74, 6) is 0. The molecule has 5 atom stereocenters. The zero-order valence-electron chi connectivity index (χ0n) is 13.9. The minimum atomic E-state index is -1.50. The number of oxime groups is 1. The molecule has 0 spiro atoms. The van der Waals surface area contributed by atoms with Gasteiger partial charge in [0.25, 0.3) is 6.29 Å². The number of hydrogen-bond acceptors (Lipinski definition) is 7. The van der Waals surface area contributed by atoms with Crippen LogP contribution in [-0.2, 0) is 9.57 Å². The number of aliphatic hydroxyl groups excluding tert-OH is 4. The maximum absolute atomic E-state index is 9.90. The molecule has 0 aliphatic carbocycles. The Balaban J connectivity index is 1.67. The molecule has 7 heteroatoms. The van der Waals surface area contributed by atoms with Gasteiger partial charge in [-0.1, -0.05) is 53.7 Å². The summed E-state index contributed by atoms with van der Waals surface area (Å²) < 4.78 is 5.22. The molecule has 1 aliphatic rings. The molecule has 7 nitrogen and oxygen atoms in total. The van der Waals surface area contributed by atoms with Crippen LogP contribution in [0.5, 0.6) is 0 Å². The normalized spacial score (nSPS) is 29.0. The van der Waals surface area contributed by atoms with Crippen LogP contribution in [0.3, 0.4) is 0 Å². The summed E-state index contributed by atoms with van der Waals surface area (Å²) in [6.07, 6.45) is -5.29. The van der Waals surface area contributed by atoms with Gasteiger partial charge in [-0.05, 0) is 22.8 Å². The minimum Gasteiger partial charge on any atom is -0.394 e. The van der Waals surface area contributed by atoms with Gasteiger partial charge in [-0.25, -0.2) is 0 Å². The van der Waals surface area contributed by atoms with Crippen LogP contribution in [-0.4, -0.2) is 64.0 Å². The summed E-state index contributed by atoms with van der Waals surface area (Å²) in [6.45, 7) is -0.520. The third kappa shape index (κ3) is 4.09. The lowest BCUT2D eigenvalue weighted by Gasteiger charge is -2.38. The molecule has 2 aromatic carbocycles. The summed E-state index contributed by atoms with van der Waals surface area (Å²) in [4.78, 5) is 5.11. The lowest BCUT2D eigenvalue weighted by atomic mass is 9.99. The van der Waals surface area contributed by atoms with E-state index in [1.165, 1.54) is 6.21 Å². The van der Waals surface area contributed by atoms with Crippen molar-refractivity contribution in [2.75, 3.05) is 6.61 Å². The molecule has 2 aromatic rings. The van der Waals surface area contributed by atoms with Crippen molar-refractivity contribution in [1.82, 2.24) is 0 Å². The topological polar surface area (TPSA) is 112 Å². The lowest BCUT2D eigenvalue weighted by Crippen LogP contribution is -2.58. The molecular weight excluding hydrogens is 338 g/mol. The highest BCUT2D eigenvalue weighted by molar-refractivity contribution is 5.82. The van der Waals surface area contributed by atoms with Crippen LogP contribution in [0, 0.1) is 0 Å². The summed E-state index contributed by atoms with van der Waals surface area (Å²) >= 11 is 0. The van der Waals surface area contributed by atoms with Crippen molar-refractivity contribution in [1.29, 1.82) is 0 Å². The highest BCUT2D eigenvalue weighted by Crippen LogP contribution is 2.22. The fourth-order valence-corrected chi connectivity index (χ4v) is 2.73. The van der Waals surface area contributed by atoms with Crippen LogP contribution in [0.25, 0.3) is 11.1 Å². The predicted octanol–water partition coefficient (Wildman–Crippen LogP) is 0.504. The second-order valence-corrected chi connectivity index (χ2v) is 6.03. The van der Waals surface area contributed by atoms with Gasteiger partial charge in [-0.15, -0.1) is 0 Å². The van der Waals surface area contributed by atoms with Crippen molar-refractivity contribution >= 4 is 6.21 Å². The zero-order chi connectivity index (χ0) is 18.5.